The number of hydrogen-bond acceptors (Lipinski definition) is 3. The average molecular weight is 316 g/mol. The van der Waals surface area contributed by atoms with Gasteiger partial charge in [0.2, 0.25) is 0 Å². The molecule has 0 saturated heterocycles. The smallest absolute Gasteiger partial charge is 0.127 e. The number of ether oxygens (including phenoxy) is 2. The molecule has 0 spiro atoms. The minimum atomic E-state index is 0.632. The van der Waals surface area contributed by atoms with Gasteiger partial charge in [-0.1, -0.05) is 13.8 Å². The maximum Gasteiger partial charge on any atom is 0.127 e. The lowest BCUT2D eigenvalue weighted by Crippen LogP contribution is -2.04. The Kier molecular flexibility index (Phi) is 5.97. The third-order valence-electron chi connectivity index (χ3n) is 4.44. The van der Waals surface area contributed by atoms with Crippen LogP contribution in [-0.4, -0.2) is 18.8 Å². The average Bonchev–Trinajstić information content (AvgIpc) is 2.94. The third kappa shape index (κ3) is 4.01. The fourth-order valence-corrected chi connectivity index (χ4v) is 2.93. The van der Waals surface area contributed by atoms with Gasteiger partial charge >= 0.3 is 0 Å². The predicted octanol–water partition coefficient (Wildman–Crippen LogP) is 4.56. The van der Waals surface area contributed by atoms with Crippen LogP contribution in [0.4, 0.5) is 5.82 Å². The summed E-state index contributed by atoms with van der Waals surface area (Å²) in [4.78, 5) is 0. The zero-order chi connectivity index (χ0) is 16.8. The Morgan fingerprint density at radius 1 is 1.09 bits per heavy atom. The van der Waals surface area contributed by atoms with E-state index in [4.69, 9.17) is 9.47 Å². The quantitative estimate of drug-likeness (QED) is 0.775. The van der Waals surface area contributed by atoms with E-state index < -0.39 is 0 Å². The van der Waals surface area contributed by atoms with E-state index in [2.05, 4.69) is 43.0 Å². The summed E-state index contributed by atoms with van der Waals surface area (Å²) in [5, 5.41) is 3.51. The van der Waals surface area contributed by atoms with Crippen LogP contribution >= 0.6 is 0 Å². The van der Waals surface area contributed by atoms with Gasteiger partial charge in [0.25, 0.3) is 0 Å². The van der Waals surface area contributed by atoms with Crippen molar-refractivity contribution in [3.63, 3.8) is 0 Å². The Balaban J connectivity index is 2.12. The first-order chi connectivity index (χ1) is 11.1. The Labute approximate surface area is 139 Å². The number of nitrogens with one attached hydrogen (secondary N) is 1. The molecule has 0 atom stereocenters. The van der Waals surface area contributed by atoms with Gasteiger partial charge in [0.1, 0.15) is 17.3 Å². The van der Waals surface area contributed by atoms with Crippen molar-refractivity contribution in [3.05, 3.63) is 41.6 Å². The van der Waals surface area contributed by atoms with Crippen molar-refractivity contribution in [1.29, 1.82) is 0 Å². The first-order valence-electron chi connectivity index (χ1n) is 8.23. The summed E-state index contributed by atoms with van der Waals surface area (Å²) in [6, 6.07) is 8.17. The molecule has 0 aliphatic rings. The number of anilines is 1. The fourth-order valence-electron chi connectivity index (χ4n) is 2.93. The molecule has 1 N–H and O–H groups in total. The van der Waals surface area contributed by atoms with Crippen molar-refractivity contribution >= 4 is 5.82 Å². The van der Waals surface area contributed by atoms with Crippen molar-refractivity contribution in [2.75, 3.05) is 19.5 Å². The molecule has 1 aromatic heterocycles. The van der Waals surface area contributed by atoms with Gasteiger partial charge in [-0.3, -0.25) is 0 Å². The van der Waals surface area contributed by atoms with Crippen LogP contribution in [0.15, 0.2) is 30.5 Å². The summed E-state index contributed by atoms with van der Waals surface area (Å²) in [6.45, 7) is 5.21. The molecule has 0 amide bonds. The molecule has 4 nitrogen and oxygen atoms in total. The van der Waals surface area contributed by atoms with E-state index >= 15 is 0 Å². The Morgan fingerprint density at radius 3 is 2.43 bits per heavy atom. The van der Waals surface area contributed by atoms with Crippen LogP contribution in [0.3, 0.4) is 0 Å². The van der Waals surface area contributed by atoms with Gasteiger partial charge in [0, 0.05) is 31.4 Å². The van der Waals surface area contributed by atoms with E-state index in [1.54, 1.807) is 14.2 Å². The van der Waals surface area contributed by atoms with E-state index in [9.17, 15) is 0 Å². The first kappa shape index (κ1) is 17.3. The summed E-state index contributed by atoms with van der Waals surface area (Å²) in [5.74, 6) is 3.41. The number of nitrogens with zero attached hydrogens (tertiary/aromatic N) is 1. The van der Waals surface area contributed by atoms with E-state index in [1.165, 1.54) is 18.4 Å². The minimum Gasteiger partial charge on any atom is -0.497 e. The van der Waals surface area contributed by atoms with Crippen molar-refractivity contribution in [2.45, 2.75) is 39.2 Å². The summed E-state index contributed by atoms with van der Waals surface area (Å²) in [6.07, 6.45) is 4.57. The van der Waals surface area contributed by atoms with Gasteiger partial charge in [-0.25, -0.2) is 0 Å². The van der Waals surface area contributed by atoms with Gasteiger partial charge in [-0.2, -0.15) is 0 Å². The number of benzene rings is 1. The molecular formula is C19H28N2O2. The molecule has 0 bridgehead atoms. The Hall–Kier alpha value is -2.10. The lowest BCUT2D eigenvalue weighted by Gasteiger charge is -2.12. The number of aryl methyl sites for hydroxylation is 1. The lowest BCUT2D eigenvalue weighted by atomic mass is 9.97. The predicted molar refractivity (Wildman–Crippen MR) is 95.6 cm³/mol. The van der Waals surface area contributed by atoms with Crippen molar-refractivity contribution in [2.24, 2.45) is 7.05 Å². The van der Waals surface area contributed by atoms with E-state index in [1.807, 2.05) is 18.2 Å². The normalized spacial score (nSPS) is 10.9. The number of rotatable bonds is 8. The molecule has 0 radical (unpaired) electrons. The van der Waals surface area contributed by atoms with Gasteiger partial charge in [-0.15, -0.1) is 0 Å². The van der Waals surface area contributed by atoms with Crippen molar-refractivity contribution in [1.82, 2.24) is 4.57 Å². The highest BCUT2D eigenvalue weighted by molar-refractivity contribution is 5.46. The molecule has 0 saturated carbocycles. The first-order valence-corrected chi connectivity index (χ1v) is 8.23. The lowest BCUT2D eigenvalue weighted by molar-refractivity contribution is 0.391. The molecule has 23 heavy (non-hydrogen) atoms. The molecule has 126 valence electrons. The second-order valence-electron chi connectivity index (χ2n) is 5.81. The molecule has 2 aromatic rings. The minimum absolute atomic E-state index is 0.632. The molecule has 0 aliphatic heterocycles. The van der Waals surface area contributed by atoms with E-state index in [0.717, 1.165) is 22.9 Å². The maximum absolute atomic E-state index is 5.46. The molecule has 0 aliphatic carbocycles. The maximum atomic E-state index is 5.46. The largest absolute Gasteiger partial charge is 0.497 e. The highest BCUT2D eigenvalue weighted by Gasteiger charge is 2.12. The molecule has 2 rings (SSSR count). The van der Waals surface area contributed by atoms with Gasteiger partial charge in [0.15, 0.2) is 0 Å². The summed E-state index contributed by atoms with van der Waals surface area (Å²) < 4.78 is 12.9. The summed E-state index contributed by atoms with van der Waals surface area (Å²) >= 11 is 0. The Bertz CT molecular complexity index is 630. The molecular weight excluding hydrogens is 288 g/mol. The number of hydrogen-bond donors (Lipinski definition) is 1. The number of methoxy groups -OCH3 is 2. The van der Waals surface area contributed by atoms with Gasteiger partial charge < -0.3 is 19.4 Å². The van der Waals surface area contributed by atoms with E-state index in [-0.39, 0.29) is 0 Å². The zero-order valence-corrected chi connectivity index (χ0v) is 14.8. The summed E-state index contributed by atoms with van der Waals surface area (Å²) in [7, 11) is 5.43. The fraction of sp³-hybridized carbons (Fsp3) is 0.474. The highest BCUT2D eigenvalue weighted by atomic mass is 16.5. The van der Waals surface area contributed by atoms with Crippen LogP contribution in [-0.2, 0) is 13.6 Å². The van der Waals surface area contributed by atoms with Crippen LogP contribution in [0, 0.1) is 0 Å². The molecule has 1 heterocycles. The van der Waals surface area contributed by atoms with Crippen LogP contribution in [0.1, 0.15) is 43.7 Å². The third-order valence-corrected chi connectivity index (χ3v) is 4.44. The van der Waals surface area contributed by atoms with Crippen molar-refractivity contribution in [3.8, 4) is 11.5 Å². The summed E-state index contributed by atoms with van der Waals surface area (Å²) in [5.41, 5.74) is 2.51. The zero-order valence-electron chi connectivity index (χ0n) is 14.8. The standard InChI is InChI=1S/C19H28N2O2/c1-6-14(7-2)16-10-19(21(3)13-16)20-12-15-8-9-17(22-4)11-18(15)23-5/h8-11,13-14,20H,6-7,12H2,1-5H3. The molecule has 0 fully saturated rings. The van der Waals surface area contributed by atoms with Gasteiger partial charge in [0.05, 0.1) is 14.2 Å². The van der Waals surface area contributed by atoms with Crippen LogP contribution in [0.5, 0.6) is 11.5 Å². The molecule has 4 heteroatoms. The number of aromatic nitrogens is 1. The Morgan fingerprint density at radius 2 is 1.83 bits per heavy atom. The van der Waals surface area contributed by atoms with Crippen molar-refractivity contribution < 1.29 is 9.47 Å². The van der Waals surface area contributed by atoms with Crippen LogP contribution in [0.25, 0.3) is 0 Å². The monoisotopic (exact) mass is 316 g/mol. The topological polar surface area (TPSA) is 35.4 Å². The van der Waals surface area contributed by atoms with Crippen LogP contribution in [0.2, 0.25) is 0 Å². The SMILES string of the molecule is CCC(CC)c1cc(NCc2ccc(OC)cc2OC)n(C)c1. The highest BCUT2D eigenvalue weighted by Crippen LogP contribution is 2.28. The van der Waals surface area contributed by atoms with Gasteiger partial charge in [-0.05, 0) is 42.5 Å². The second kappa shape index (κ2) is 7.95. The molecule has 1 aromatic carbocycles. The molecule has 0 unspecified atom stereocenters. The van der Waals surface area contributed by atoms with E-state index in [0.29, 0.717) is 12.5 Å². The van der Waals surface area contributed by atoms with Crippen LogP contribution < -0.4 is 14.8 Å². The second-order valence-corrected chi connectivity index (χ2v) is 5.81.